The molecule has 0 spiro atoms. The standard InChI is InChI=1S/C13H23N3/c1-10-5-4-6-11(7-10)13(14-2)12-8-16(3)9-15-12/h8-11,13-14H,4-7H2,1-3H3. The molecular weight excluding hydrogens is 198 g/mol. The predicted molar refractivity (Wildman–Crippen MR) is 66.1 cm³/mol. The molecule has 3 atom stereocenters. The second kappa shape index (κ2) is 5.00. The molecule has 2 rings (SSSR count). The van der Waals surface area contributed by atoms with Gasteiger partial charge in [-0.15, -0.1) is 0 Å². The topological polar surface area (TPSA) is 29.9 Å². The van der Waals surface area contributed by atoms with Gasteiger partial charge in [-0.25, -0.2) is 4.98 Å². The minimum Gasteiger partial charge on any atom is -0.340 e. The highest BCUT2D eigenvalue weighted by Crippen LogP contribution is 2.36. The normalized spacial score (nSPS) is 27.9. The number of rotatable bonds is 3. The Morgan fingerprint density at radius 2 is 2.31 bits per heavy atom. The molecule has 0 amide bonds. The van der Waals surface area contributed by atoms with E-state index in [0.717, 1.165) is 11.8 Å². The summed E-state index contributed by atoms with van der Waals surface area (Å²) < 4.78 is 2.03. The molecule has 3 heteroatoms. The molecule has 16 heavy (non-hydrogen) atoms. The van der Waals surface area contributed by atoms with Crippen LogP contribution in [-0.4, -0.2) is 16.6 Å². The van der Waals surface area contributed by atoms with Crippen LogP contribution < -0.4 is 5.32 Å². The Hall–Kier alpha value is -0.830. The Morgan fingerprint density at radius 1 is 1.50 bits per heavy atom. The molecule has 1 aliphatic rings. The number of aryl methyl sites for hydroxylation is 1. The van der Waals surface area contributed by atoms with Crippen molar-refractivity contribution >= 4 is 0 Å². The third-order valence-electron chi connectivity index (χ3n) is 3.80. The average molecular weight is 221 g/mol. The largest absolute Gasteiger partial charge is 0.340 e. The van der Waals surface area contributed by atoms with Gasteiger partial charge in [0, 0.05) is 13.2 Å². The van der Waals surface area contributed by atoms with E-state index >= 15 is 0 Å². The molecule has 3 unspecified atom stereocenters. The summed E-state index contributed by atoms with van der Waals surface area (Å²) in [5.74, 6) is 1.63. The fraction of sp³-hybridized carbons (Fsp3) is 0.769. The van der Waals surface area contributed by atoms with Crippen LogP contribution in [0, 0.1) is 11.8 Å². The number of aromatic nitrogens is 2. The lowest BCUT2D eigenvalue weighted by atomic mass is 9.78. The molecule has 1 aliphatic carbocycles. The van der Waals surface area contributed by atoms with Crippen LogP contribution in [0.5, 0.6) is 0 Å². The zero-order chi connectivity index (χ0) is 11.5. The maximum Gasteiger partial charge on any atom is 0.0947 e. The predicted octanol–water partition coefficient (Wildman–Crippen LogP) is 2.51. The third kappa shape index (κ3) is 2.46. The van der Waals surface area contributed by atoms with E-state index in [4.69, 9.17) is 0 Å². The molecule has 1 heterocycles. The molecule has 1 fully saturated rings. The highest BCUT2D eigenvalue weighted by Gasteiger charge is 2.27. The molecule has 0 aliphatic heterocycles. The maximum absolute atomic E-state index is 4.49. The van der Waals surface area contributed by atoms with E-state index in [2.05, 4.69) is 30.5 Å². The van der Waals surface area contributed by atoms with Crippen molar-refractivity contribution in [3.63, 3.8) is 0 Å². The van der Waals surface area contributed by atoms with Gasteiger partial charge < -0.3 is 9.88 Å². The Labute approximate surface area is 98.3 Å². The number of imidazole rings is 1. The monoisotopic (exact) mass is 221 g/mol. The lowest BCUT2D eigenvalue weighted by Gasteiger charge is -2.32. The number of hydrogen-bond acceptors (Lipinski definition) is 2. The second-order valence-electron chi connectivity index (χ2n) is 5.26. The van der Waals surface area contributed by atoms with Crippen LogP contribution in [-0.2, 0) is 7.05 Å². The first kappa shape index (κ1) is 11.6. The minimum absolute atomic E-state index is 0.434. The lowest BCUT2D eigenvalue weighted by Crippen LogP contribution is -2.29. The summed E-state index contributed by atoms with van der Waals surface area (Å²) in [6.45, 7) is 2.37. The van der Waals surface area contributed by atoms with E-state index < -0.39 is 0 Å². The summed E-state index contributed by atoms with van der Waals surface area (Å²) in [6, 6.07) is 0.434. The van der Waals surface area contributed by atoms with E-state index in [0.29, 0.717) is 6.04 Å². The van der Waals surface area contributed by atoms with Gasteiger partial charge in [0.1, 0.15) is 0 Å². The van der Waals surface area contributed by atoms with Gasteiger partial charge in [0.25, 0.3) is 0 Å². The summed E-state index contributed by atoms with van der Waals surface area (Å²) >= 11 is 0. The molecule has 1 N–H and O–H groups in total. The average Bonchev–Trinajstić information content (AvgIpc) is 2.66. The van der Waals surface area contributed by atoms with Crippen LogP contribution in [0.2, 0.25) is 0 Å². The van der Waals surface area contributed by atoms with Crippen LogP contribution in [0.15, 0.2) is 12.5 Å². The minimum atomic E-state index is 0.434. The summed E-state index contributed by atoms with van der Waals surface area (Å²) in [5, 5.41) is 3.45. The lowest BCUT2D eigenvalue weighted by molar-refractivity contribution is 0.227. The van der Waals surface area contributed by atoms with E-state index in [1.165, 1.54) is 31.4 Å². The van der Waals surface area contributed by atoms with Gasteiger partial charge in [-0.3, -0.25) is 0 Å². The van der Waals surface area contributed by atoms with Gasteiger partial charge in [0.15, 0.2) is 0 Å². The molecule has 1 aromatic heterocycles. The van der Waals surface area contributed by atoms with Gasteiger partial charge in [0.05, 0.1) is 18.1 Å². The summed E-state index contributed by atoms with van der Waals surface area (Å²) in [4.78, 5) is 4.49. The smallest absolute Gasteiger partial charge is 0.0947 e. The fourth-order valence-corrected chi connectivity index (χ4v) is 3.00. The van der Waals surface area contributed by atoms with Crippen molar-refractivity contribution in [1.29, 1.82) is 0 Å². The van der Waals surface area contributed by atoms with E-state index in [1.807, 2.05) is 17.9 Å². The second-order valence-corrected chi connectivity index (χ2v) is 5.26. The van der Waals surface area contributed by atoms with Gasteiger partial charge in [-0.2, -0.15) is 0 Å². The van der Waals surface area contributed by atoms with E-state index in [1.54, 1.807) is 0 Å². The highest BCUT2D eigenvalue weighted by atomic mass is 15.0. The Bertz CT molecular complexity index is 332. The van der Waals surface area contributed by atoms with Gasteiger partial charge in [-0.05, 0) is 31.7 Å². The third-order valence-corrected chi connectivity index (χ3v) is 3.80. The van der Waals surface area contributed by atoms with Crippen LogP contribution in [0.25, 0.3) is 0 Å². The van der Waals surface area contributed by atoms with Crippen molar-refractivity contribution in [2.24, 2.45) is 18.9 Å². The Morgan fingerprint density at radius 3 is 2.88 bits per heavy atom. The molecule has 0 saturated heterocycles. The first-order chi connectivity index (χ1) is 7.70. The van der Waals surface area contributed by atoms with Crippen LogP contribution in [0.4, 0.5) is 0 Å². The molecule has 1 aromatic rings. The summed E-state index contributed by atoms with van der Waals surface area (Å²) in [7, 11) is 4.09. The van der Waals surface area contributed by atoms with Crippen molar-refractivity contribution < 1.29 is 0 Å². The van der Waals surface area contributed by atoms with Crippen molar-refractivity contribution in [1.82, 2.24) is 14.9 Å². The first-order valence-electron chi connectivity index (χ1n) is 6.36. The number of nitrogens with zero attached hydrogens (tertiary/aromatic N) is 2. The van der Waals surface area contributed by atoms with Crippen LogP contribution in [0.3, 0.4) is 0 Å². The van der Waals surface area contributed by atoms with Crippen LogP contribution in [0.1, 0.15) is 44.3 Å². The van der Waals surface area contributed by atoms with Crippen molar-refractivity contribution in [2.45, 2.75) is 38.6 Å². The summed E-state index contributed by atoms with van der Waals surface area (Å²) in [6.07, 6.45) is 9.48. The summed E-state index contributed by atoms with van der Waals surface area (Å²) in [5.41, 5.74) is 1.20. The molecule has 0 bridgehead atoms. The first-order valence-corrected chi connectivity index (χ1v) is 6.36. The molecule has 3 nitrogen and oxygen atoms in total. The Kier molecular flexibility index (Phi) is 3.64. The molecule has 0 radical (unpaired) electrons. The number of nitrogens with one attached hydrogen (secondary N) is 1. The van der Waals surface area contributed by atoms with Crippen molar-refractivity contribution in [2.75, 3.05) is 7.05 Å². The molecule has 1 saturated carbocycles. The highest BCUT2D eigenvalue weighted by molar-refractivity contribution is 5.05. The van der Waals surface area contributed by atoms with Crippen LogP contribution >= 0.6 is 0 Å². The maximum atomic E-state index is 4.49. The van der Waals surface area contributed by atoms with Gasteiger partial charge >= 0.3 is 0 Å². The van der Waals surface area contributed by atoms with Gasteiger partial charge in [-0.1, -0.05) is 19.8 Å². The Balaban J connectivity index is 2.09. The molecule has 0 aromatic carbocycles. The van der Waals surface area contributed by atoms with Crippen molar-refractivity contribution in [3.8, 4) is 0 Å². The zero-order valence-electron chi connectivity index (χ0n) is 10.6. The molecule has 90 valence electrons. The SMILES string of the molecule is CNC(c1cn(C)cn1)C1CCCC(C)C1. The van der Waals surface area contributed by atoms with E-state index in [9.17, 15) is 0 Å². The van der Waals surface area contributed by atoms with Gasteiger partial charge in [0.2, 0.25) is 0 Å². The fourth-order valence-electron chi connectivity index (χ4n) is 3.00. The number of hydrogen-bond donors (Lipinski definition) is 1. The molecular formula is C13H23N3. The van der Waals surface area contributed by atoms with E-state index in [-0.39, 0.29) is 0 Å². The van der Waals surface area contributed by atoms with Crippen molar-refractivity contribution in [3.05, 3.63) is 18.2 Å². The zero-order valence-corrected chi connectivity index (χ0v) is 10.6. The quantitative estimate of drug-likeness (QED) is 0.850.